The van der Waals surface area contributed by atoms with Crippen molar-refractivity contribution in [2.24, 2.45) is 5.92 Å². The summed E-state index contributed by atoms with van der Waals surface area (Å²) in [4.78, 5) is 16.4. The summed E-state index contributed by atoms with van der Waals surface area (Å²) < 4.78 is 0.720. The summed E-state index contributed by atoms with van der Waals surface area (Å²) in [5, 5.41) is 15.0. The SMILES string of the molecule is C=C(Cc1cc2c(s1)c(=O)[nH]c1ccc(O)cc12)C1CCCNC1. The first-order valence-electron chi connectivity index (χ1n) is 8.27. The molecule has 1 aliphatic rings. The summed E-state index contributed by atoms with van der Waals surface area (Å²) in [5.74, 6) is 0.726. The van der Waals surface area contributed by atoms with E-state index >= 15 is 0 Å². The maximum Gasteiger partial charge on any atom is 0.266 e. The number of hydrogen-bond donors (Lipinski definition) is 3. The summed E-state index contributed by atoms with van der Waals surface area (Å²) in [6.07, 6.45) is 3.19. The number of fused-ring (bicyclic) bond motifs is 3. The highest BCUT2D eigenvalue weighted by Gasteiger charge is 2.18. The van der Waals surface area contributed by atoms with Crippen LogP contribution in [0.5, 0.6) is 5.75 Å². The summed E-state index contributed by atoms with van der Waals surface area (Å²) in [5.41, 5.74) is 1.92. The van der Waals surface area contributed by atoms with Gasteiger partial charge in [0.1, 0.15) is 10.4 Å². The predicted octanol–water partition coefficient (Wildman–Crippen LogP) is 3.55. The Balaban J connectivity index is 1.73. The van der Waals surface area contributed by atoms with E-state index in [-0.39, 0.29) is 11.3 Å². The Morgan fingerprint density at radius 1 is 1.33 bits per heavy atom. The molecule has 0 bridgehead atoms. The Hall–Kier alpha value is -2.11. The number of piperidine rings is 1. The number of phenolic OH excluding ortho intramolecular Hbond substituents is 1. The third-order valence-corrected chi connectivity index (χ3v) is 5.94. The second-order valence-electron chi connectivity index (χ2n) is 6.52. The van der Waals surface area contributed by atoms with Crippen LogP contribution in [-0.4, -0.2) is 23.2 Å². The third-order valence-electron chi connectivity index (χ3n) is 4.81. The zero-order chi connectivity index (χ0) is 16.7. The van der Waals surface area contributed by atoms with Gasteiger partial charge in [-0.1, -0.05) is 12.2 Å². The normalized spacial score (nSPS) is 18.2. The molecule has 5 heteroatoms. The van der Waals surface area contributed by atoms with Crippen LogP contribution in [0, 0.1) is 5.92 Å². The van der Waals surface area contributed by atoms with Crippen molar-refractivity contribution in [1.82, 2.24) is 10.3 Å². The molecule has 1 atom stereocenters. The Bertz CT molecular complexity index is 980. The summed E-state index contributed by atoms with van der Waals surface area (Å²) in [6.45, 7) is 6.38. The third kappa shape index (κ3) is 2.74. The molecule has 1 aliphatic heterocycles. The minimum Gasteiger partial charge on any atom is -0.508 e. The molecular formula is C19H20N2O2S. The number of hydrogen-bond acceptors (Lipinski definition) is 4. The van der Waals surface area contributed by atoms with Gasteiger partial charge in [-0.05, 0) is 49.6 Å². The van der Waals surface area contributed by atoms with Crippen molar-refractivity contribution in [3.05, 3.63) is 51.6 Å². The van der Waals surface area contributed by atoms with Gasteiger partial charge in [0, 0.05) is 34.1 Å². The molecule has 1 saturated heterocycles. The van der Waals surface area contributed by atoms with Crippen molar-refractivity contribution in [3.63, 3.8) is 0 Å². The van der Waals surface area contributed by atoms with Gasteiger partial charge in [0.15, 0.2) is 0 Å². The second-order valence-corrected chi connectivity index (χ2v) is 7.65. The quantitative estimate of drug-likeness (QED) is 0.639. The summed E-state index contributed by atoms with van der Waals surface area (Å²) in [7, 11) is 0. The monoisotopic (exact) mass is 340 g/mol. The number of phenols is 1. The largest absolute Gasteiger partial charge is 0.508 e. The van der Waals surface area contributed by atoms with E-state index in [0.29, 0.717) is 5.92 Å². The highest BCUT2D eigenvalue weighted by Crippen LogP contribution is 2.32. The van der Waals surface area contributed by atoms with Gasteiger partial charge in [-0.15, -0.1) is 11.3 Å². The summed E-state index contributed by atoms with van der Waals surface area (Å²) >= 11 is 1.53. The first-order chi connectivity index (χ1) is 11.6. The molecular weight excluding hydrogens is 320 g/mol. The van der Waals surface area contributed by atoms with Gasteiger partial charge in [-0.3, -0.25) is 4.79 Å². The molecule has 0 saturated carbocycles. The van der Waals surface area contributed by atoms with E-state index in [1.165, 1.54) is 29.8 Å². The van der Waals surface area contributed by atoms with Crippen LogP contribution < -0.4 is 10.9 Å². The number of benzene rings is 1. The number of aromatic amines is 1. The number of H-pyrrole nitrogens is 1. The number of aromatic nitrogens is 1. The Kier molecular flexibility index (Phi) is 3.90. The number of thiophene rings is 1. The molecule has 1 fully saturated rings. The van der Waals surface area contributed by atoms with E-state index in [1.54, 1.807) is 18.2 Å². The zero-order valence-corrected chi connectivity index (χ0v) is 14.2. The molecule has 1 unspecified atom stereocenters. The number of rotatable bonds is 3. The molecule has 0 amide bonds. The molecule has 3 heterocycles. The van der Waals surface area contributed by atoms with E-state index in [9.17, 15) is 9.90 Å². The molecule has 24 heavy (non-hydrogen) atoms. The predicted molar refractivity (Wildman–Crippen MR) is 100 cm³/mol. The standard InChI is InChI=1S/C19H20N2O2S/c1-11(12-3-2-6-20-10-12)7-14-9-16-15-8-13(22)4-5-17(15)21-19(23)18(16)24-14/h4-5,8-9,12,20,22H,1-3,6-7,10H2,(H,21,23). The van der Waals surface area contributed by atoms with Crippen LogP contribution >= 0.6 is 11.3 Å². The van der Waals surface area contributed by atoms with Crippen LogP contribution in [0.4, 0.5) is 0 Å². The van der Waals surface area contributed by atoms with E-state index in [0.717, 1.165) is 45.4 Å². The lowest BCUT2D eigenvalue weighted by atomic mass is 9.90. The van der Waals surface area contributed by atoms with Gasteiger partial charge < -0.3 is 15.4 Å². The van der Waals surface area contributed by atoms with Crippen LogP contribution in [0.25, 0.3) is 21.0 Å². The molecule has 0 spiro atoms. The van der Waals surface area contributed by atoms with Gasteiger partial charge in [0.25, 0.3) is 5.56 Å². The number of aromatic hydroxyl groups is 1. The van der Waals surface area contributed by atoms with Crippen molar-refractivity contribution in [2.75, 3.05) is 13.1 Å². The lowest BCUT2D eigenvalue weighted by molar-refractivity contribution is 0.418. The van der Waals surface area contributed by atoms with Crippen molar-refractivity contribution < 1.29 is 5.11 Å². The van der Waals surface area contributed by atoms with Crippen molar-refractivity contribution in [3.8, 4) is 5.75 Å². The van der Waals surface area contributed by atoms with Crippen LogP contribution in [0.2, 0.25) is 0 Å². The molecule has 0 aliphatic carbocycles. The van der Waals surface area contributed by atoms with Crippen LogP contribution in [0.15, 0.2) is 41.2 Å². The van der Waals surface area contributed by atoms with E-state index in [2.05, 4.69) is 22.9 Å². The molecule has 3 aromatic rings. The zero-order valence-electron chi connectivity index (χ0n) is 13.4. The van der Waals surface area contributed by atoms with Crippen LogP contribution in [0.1, 0.15) is 17.7 Å². The minimum absolute atomic E-state index is 0.0654. The minimum atomic E-state index is -0.0654. The lowest BCUT2D eigenvalue weighted by Gasteiger charge is -2.24. The van der Waals surface area contributed by atoms with Gasteiger partial charge in [-0.25, -0.2) is 0 Å². The average molecular weight is 340 g/mol. The number of pyridine rings is 1. The maximum atomic E-state index is 12.3. The Morgan fingerprint density at radius 2 is 2.21 bits per heavy atom. The smallest absolute Gasteiger partial charge is 0.266 e. The molecule has 4 nitrogen and oxygen atoms in total. The van der Waals surface area contributed by atoms with Gasteiger partial charge in [0.2, 0.25) is 0 Å². The molecule has 3 N–H and O–H groups in total. The van der Waals surface area contributed by atoms with Crippen LogP contribution in [0.3, 0.4) is 0 Å². The maximum absolute atomic E-state index is 12.3. The fourth-order valence-electron chi connectivity index (χ4n) is 3.51. The molecule has 4 rings (SSSR count). The molecule has 0 radical (unpaired) electrons. The fourth-order valence-corrected chi connectivity index (χ4v) is 4.63. The van der Waals surface area contributed by atoms with Crippen LogP contribution in [-0.2, 0) is 6.42 Å². The molecule has 2 aromatic heterocycles. The van der Waals surface area contributed by atoms with Gasteiger partial charge in [0.05, 0.1) is 0 Å². The Morgan fingerprint density at radius 3 is 3.00 bits per heavy atom. The van der Waals surface area contributed by atoms with Gasteiger partial charge >= 0.3 is 0 Å². The van der Waals surface area contributed by atoms with Crippen molar-refractivity contribution in [1.29, 1.82) is 0 Å². The highest BCUT2D eigenvalue weighted by molar-refractivity contribution is 7.19. The Labute approximate surface area is 143 Å². The average Bonchev–Trinajstić information content (AvgIpc) is 3.01. The first-order valence-corrected chi connectivity index (χ1v) is 9.09. The topological polar surface area (TPSA) is 65.1 Å². The highest BCUT2D eigenvalue weighted by atomic mass is 32.1. The van der Waals surface area contributed by atoms with Gasteiger partial charge in [-0.2, -0.15) is 0 Å². The number of nitrogens with one attached hydrogen (secondary N) is 2. The first kappa shape index (κ1) is 15.4. The molecule has 124 valence electrons. The lowest BCUT2D eigenvalue weighted by Crippen LogP contribution is -2.30. The van der Waals surface area contributed by atoms with E-state index in [4.69, 9.17) is 0 Å². The summed E-state index contributed by atoms with van der Waals surface area (Å²) in [6, 6.07) is 7.13. The van der Waals surface area contributed by atoms with Crippen molar-refractivity contribution >= 4 is 32.3 Å². The molecule has 1 aromatic carbocycles. The van der Waals surface area contributed by atoms with E-state index in [1.807, 2.05) is 0 Å². The van der Waals surface area contributed by atoms with E-state index < -0.39 is 0 Å². The second kappa shape index (κ2) is 6.07. The van der Waals surface area contributed by atoms with Crippen molar-refractivity contribution in [2.45, 2.75) is 19.3 Å². The fraction of sp³-hybridized carbons (Fsp3) is 0.316.